The average molecular weight is 318 g/mol. The third-order valence-corrected chi connectivity index (χ3v) is 4.84. The Bertz CT molecular complexity index is 497. The van der Waals surface area contributed by atoms with E-state index >= 15 is 0 Å². The number of hydrogen-bond donors (Lipinski definition) is 0. The number of rotatable bonds is 5. The summed E-state index contributed by atoms with van der Waals surface area (Å²) in [7, 11) is 0. The van der Waals surface area contributed by atoms with E-state index in [2.05, 4.69) is 22.0 Å². The minimum Gasteiger partial charge on any atom is -0.379 e. The minimum atomic E-state index is -0.177. The van der Waals surface area contributed by atoms with E-state index in [0.29, 0.717) is 6.04 Å². The summed E-state index contributed by atoms with van der Waals surface area (Å²) in [6.45, 7) is 7.20. The molecule has 0 radical (unpaired) electrons. The van der Waals surface area contributed by atoms with Gasteiger partial charge in [0.2, 0.25) is 0 Å². The molecule has 2 heterocycles. The first kappa shape index (κ1) is 16.6. The predicted molar refractivity (Wildman–Crippen MR) is 91.9 cm³/mol. The largest absolute Gasteiger partial charge is 0.379 e. The lowest BCUT2D eigenvalue weighted by atomic mass is 10.0. The highest BCUT2D eigenvalue weighted by atomic mass is 19.1. The van der Waals surface area contributed by atoms with Crippen LogP contribution in [-0.2, 0) is 4.74 Å². The molecule has 4 heteroatoms. The molecule has 0 aromatic heterocycles. The van der Waals surface area contributed by atoms with E-state index in [1.54, 1.807) is 0 Å². The van der Waals surface area contributed by atoms with Crippen molar-refractivity contribution < 1.29 is 9.13 Å². The molecule has 2 fully saturated rings. The molecule has 2 aliphatic rings. The van der Waals surface area contributed by atoms with Gasteiger partial charge in [-0.3, -0.25) is 9.80 Å². The molecule has 3 nitrogen and oxygen atoms in total. The third kappa shape index (κ3) is 5.13. The fraction of sp³-hybridized carbons (Fsp3) is 0.579. The second-order valence-corrected chi connectivity index (χ2v) is 6.51. The van der Waals surface area contributed by atoms with Crippen LogP contribution in [0.4, 0.5) is 4.39 Å². The fourth-order valence-electron chi connectivity index (χ4n) is 3.49. The van der Waals surface area contributed by atoms with Crippen LogP contribution in [-0.4, -0.2) is 61.8 Å². The second-order valence-electron chi connectivity index (χ2n) is 6.51. The highest BCUT2D eigenvalue weighted by Crippen LogP contribution is 2.18. The van der Waals surface area contributed by atoms with Gasteiger partial charge in [-0.15, -0.1) is 0 Å². The lowest BCUT2D eigenvalue weighted by Crippen LogP contribution is -2.49. The molecule has 2 saturated heterocycles. The van der Waals surface area contributed by atoms with Crippen molar-refractivity contribution in [3.05, 3.63) is 41.7 Å². The van der Waals surface area contributed by atoms with Crippen LogP contribution in [0.5, 0.6) is 0 Å². The Morgan fingerprint density at radius 1 is 1.09 bits per heavy atom. The van der Waals surface area contributed by atoms with Gasteiger partial charge >= 0.3 is 0 Å². The summed E-state index contributed by atoms with van der Waals surface area (Å²) in [5.41, 5.74) is 1.06. The van der Waals surface area contributed by atoms with E-state index in [1.165, 1.54) is 37.9 Å². The van der Waals surface area contributed by atoms with Gasteiger partial charge in [0, 0.05) is 32.2 Å². The number of hydrogen-bond acceptors (Lipinski definition) is 3. The number of halogens is 1. The lowest BCUT2D eigenvalue weighted by Gasteiger charge is -2.39. The fourth-order valence-corrected chi connectivity index (χ4v) is 3.49. The first-order chi connectivity index (χ1) is 11.3. The zero-order valence-corrected chi connectivity index (χ0v) is 13.8. The minimum absolute atomic E-state index is 0.177. The van der Waals surface area contributed by atoms with E-state index in [1.807, 2.05) is 12.1 Å². The van der Waals surface area contributed by atoms with Crippen LogP contribution < -0.4 is 0 Å². The normalized spacial score (nSPS) is 24.3. The van der Waals surface area contributed by atoms with Gasteiger partial charge in [-0.2, -0.15) is 0 Å². The van der Waals surface area contributed by atoms with Gasteiger partial charge in [0.15, 0.2) is 0 Å². The predicted octanol–water partition coefficient (Wildman–Crippen LogP) is 3.03. The molecule has 0 spiro atoms. The molecular weight excluding hydrogens is 291 g/mol. The molecule has 0 amide bonds. The van der Waals surface area contributed by atoms with Crippen LogP contribution in [0.25, 0.3) is 6.08 Å². The Balaban J connectivity index is 1.52. The zero-order valence-electron chi connectivity index (χ0n) is 13.8. The van der Waals surface area contributed by atoms with Gasteiger partial charge < -0.3 is 4.74 Å². The Morgan fingerprint density at radius 3 is 2.65 bits per heavy atom. The Kier molecular flexibility index (Phi) is 6.20. The SMILES string of the molecule is Fc1ccc(C=CCN2CCCCC2CN2CCOCC2)cc1. The summed E-state index contributed by atoms with van der Waals surface area (Å²) in [6, 6.07) is 7.34. The first-order valence-electron chi connectivity index (χ1n) is 8.77. The van der Waals surface area contributed by atoms with Crippen molar-refractivity contribution in [3.63, 3.8) is 0 Å². The number of morpholine rings is 1. The van der Waals surface area contributed by atoms with Crippen molar-refractivity contribution >= 4 is 6.08 Å². The average Bonchev–Trinajstić information content (AvgIpc) is 2.59. The van der Waals surface area contributed by atoms with Crippen molar-refractivity contribution in [2.24, 2.45) is 0 Å². The Morgan fingerprint density at radius 2 is 1.87 bits per heavy atom. The van der Waals surface area contributed by atoms with Gasteiger partial charge in [-0.05, 0) is 37.1 Å². The van der Waals surface area contributed by atoms with Gasteiger partial charge in [0.1, 0.15) is 5.82 Å². The van der Waals surface area contributed by atoms with E-state index in [4.69, 9.17) is 4.74 Å². The number of likely N-dealkylation sites (tertiary alicyclic amines) is 1. The van der Waals surface area contributed by atoms with E-state index in [-0.39, 0.29) is 5.82 Å². The summed E-state index contributed by atoms with van der Waals surface area (Å²) in [5.74, 6) is -0.177. The van der Waals surface area contributed by atoms with Crippen molar-refractivity contribution in [2.45, 2.75) is 25.3 Å². The van der Waals surface area contributed by atoms with Crippen LogP contribution in [0.1, 0.15) is 24.8 Å². The molecule has 126 valence electrons. The highest BCUT2D eigenvalue weighted by Gasteiger charge is 2.24. The van der Waals surface area contributed by atoms with Gasteiger partial charge in [0.25, 0.3) is 0 Å². The number of nitrogens with zero attached hydrogens (tertiary/aromatic N) is 2. The summed E-state index contributed by atoms with van der Waals surface area (Å²) in [4.78, 5) is 5.13. The summed E-state index contributed by atoms with van der Waals surface area (Å²) in [6.07, 6.45) is 8.24. The van der Waals surface area contributed by atoms with Crippen LogP contribution >= 0.6 is 0 Å². The molecule has 0 bridgehead atoms. The van der Waals surface area contributed by atoms with Crippen LogP contribution in [0.3, 0.4) is 0 Å². The third-order valence-electron chi connectivity index (χ3n) is 4.84. The van der Waals surface area contributed by atoms with Gasteiger partial charge in [0.05, 0.1) is 13.2 Å². The quantitative estimate of drug-likeness (QED) is 0.830. The maximum Gasteiger partial charge on any atom is 0.123 e. The summed E-state index contributed by atoms with van der Waals surface area (Å²) >= 11 is 0. The van der Waals surface area contributed by atoms with Crippen LogP contribution in [0.2, 0.25) is 0 Å². The molecule has 3 rings (SSSR count). The molecule has 23 heavy (non-hydrogen) atoms. The zero-order chi connectivity index (χ0) is 15.9. The molecule has 1 unspecified atom stereocenters. The van der Waals surface area contributed by atoms with Crippen LogP contribution in [0.15, 0.2) is 30.3 Å². The van der Waals surface area contributed by atoms with Crippen molar-refractivity contribution in [2.75, 3.05) is 45.9 Å². The number of piperidine rings is 1. The molecule has 0 N–H and O–H groups in total. The number of benzene rings is 1. The topological polar surface area (TPSA) is 15.7 Å². The smallest absolute Gasteiger partial charge is 0.123 e. The summed E-state index contributed by atoms with van der Waals surface area (Å²) < 4.78 is 18.4. The Hall–Kier alpha value is -1.23. The maximum atomic E-state index is 12.9. The first-order valence-corrected chi connectivity index (χ1v) is 8.77. The standard InChI is InChI=1S/C19H27FN2O/c20-18-8-6-17(7-9-18)4-3-11-22-10-2-1-5-19(22)16-21-12-14-23-15-13-21/h3-4,6-9,19H,1-2,5,10-16H2. The Labute approximate surface area is 138 Å². The molecule has 0 aliphatic carbocycles. The molecule has 0 saturated carbocycles. The second kappa shape index (κ2) is 8.57. The summed E-state index contributed by atoms with van der Waals surface area (Å²) in [5, 5.41) is 0. The molecule has 2 aliphatic heterocycles. The van der Waals surface area contributed by atoms with E-state index < -0.39 is 0 Å². The van der Waals surface area contributed by atoms with Crippen LogP contribution in [0, 0.1) is 5.82 Å². The van der Waals surface area contributed by atoms with E-state index in [0.717, 1.165) is 45.0 Å². The molecular formula is C19H27FN2O. The van der Waals surface area contributed by atoms with Crippen molar-refractivity contribution in [3.8, 4) is 0 Å². The maximum absolute atomic E-state index is 12.9. The lowest BCUT2D eigenvalue weighted by molar-refractivity contribution is 0.0186. The molecule has 1 aromatic carbocycles. The highest BCUT2D eigenvalue weighted by molar-refractivity contribution is 5.48. The molecule has 1 aromatic rings. The molecule has 1 atom stereocenters. The number of ether oxygens (including phenoxy) is 1. The monoisotopic (exact) mass is 318 g/mol. The van der Waals surface area contributed by atoms with E-state index in [9.17, 15) is 4.39 Å². The van der Waals surface area contributed by atoms with Crippen molar-refractivity contribution in [1.29, 1.82) is 0 Å². The van der Waals surface area contributed by atoms with Crippen molar-refractivity contribution in [1.82, 2.24) is 9.80 Å². The van der Waals surface area contributed by atoms with Gasteiger partial charge in [-0.1, -0.05) is 30.7 Å². The van der Waals surface area contributed by atoms with Gasteiger partial charge in [-0.25, -0.2) is 4.39 Å².